The van der Waals surface area contributed by atoms with Crippen LogP contribution in [-0.4, -0.2) is 7.25 Å². The fraction of sp³-hybridized carbons (Fsp3) is 0.105. The van der Waals surface area contributed by atoms with Crippen LogP contribution in [0.2, 0.25) is 0 Å². The standard InChI is InChI=1S/C19H18NO.BF4/c1-15-8-11-17(12-9-15)19-14-18(20(2)21-19)13-10-16-6-4-3-5-7-16;2-1(3,4)5/h3-14H,1-2H3;/q+1;-1/b13-10+;. The van der Waals surface area contributed by atoms with Crippen molar-refractivity contribution in [2.45, 2.75) is 6.92 Å². The van der Waals surface area contributed by atoms with Crippen molar-refractivity contribution in [2.75, 3.05) is 0 Å². The van der Waals surface area contributed by atoms with Crippen LogP contribution < -0.4 is 4.74 Å². The van der Waals surface area contributed by atoms with Gasteiger partial charge in [-0.15, -0.1) is 0 Å². The summed E-state index contributed by atoms with van der Waals surface area (Å²) in [6.45, 7) is 2.08. The molecule has 0 aliphatic carbocycles. The van der Waals surface area contributed by atoms with Gasteiger partial charge in [-0.05, 0) is 23.3 Å². The zero-order valence-electron chi connectivity index (χ0n) is 14.4. The molecule has 3 aromatic rings. The molecule has 3 rings (SSSR count). The van der Waals surface area contributed by atoms with Gasteiger partial charge in [-0.3, -0.25) is 0 Å². The Hall–Kier alpha value is -2.83. The van der Waals surface area contributed by atoms with Crippen molar-refractivity contribution in [1.29, 1.82) is 0 Å². The molecule has 0 unspecified atom stereocenters. The number of hydrogen-bond acceptors (Lipinski definition) is 1. The molecule has 0 amide bonds. The van der Waals surface area contributed by atoms with Gasteiger partial charge >= 0.3 is 7.25 Å². The molecule has 1 aromatic heterocycles. The summed E-state index contributed by atoms with van der Waals surface area (Å²) in [7, 11) is -4.08. The summed E-state index contributed by atoms with van der Waals surface area (Å²) in [5.74, 6) is 0.880. The zero-order chi connectivity index (χ0) is 19.2. The summed E-state index contributed by atoms with van der Waals surface area (Å²) >= 11 is 0. The second-order valence-corrected chi connectivity index (χ2v) is 5.63. The molecule has 2 nitrogen and oxygen atoms in total. The van der Waals surface area contributed by atoms with Crippen LogP contribution in [0.25, 0.3) is 23.5 Å². The van der Waals surface area contributed by atoms with Gasteiger partial charge in [0, 0.05) is 11.6 Å². The average Bonchev–Trinajstić information content (AvgIpc) is 2.94. The molecule has 0 radical (unpaired) electrons. The first-order valence-electron chi connectivity index (χ1n) is 7.90. The Kier molecular flexibility index (Phi) is 6.38. The molecule has 0 aliphatic heterocycles. The highest BCUT2D eigenvalue weighted by atomic mass is 19.5. The van der Waals surface area contributed by atoms with Gasteiger partial charge in [0.05, 0.1) is 6.07 Å². The van der Waals surface area contributed by atoms with Gasteiger partial charge < -0.3 is 17.3 Å². The Bertz CT molecular complexity index is 849. The monoisotopic (exact) mass is 363 g/mol. The van der Waals surface area contributed by atoms with E-state index in [0.29, 0.717) is 0 Å². The molecule has 7 heteroatoms. The topological polar surface area (TPSA) is 17.0 Å². The molecule has 0 aliphatic rings. The summed E-state index contributed by atoms with van der Waals surface area (Å²) in [6, 6.07) is 20.7. The number of halogens is 4. The van der Waals surface area contributed by atoms with E-state index >= 15 is 0 Å². The normalized spacial score (nSPS) is 11.3. The molecular formula is C19H18BF4NO. The number of nitrogens with zero attached hydrogens (tertiary/aromatic N) is 1. The summed E-state index contributed by atoms with van der Waals surface area (Å²) in [4.78, 5) is 0. The number of aryl methyl sites for hydroxylation is 2. The van der Waals surface area contributed by atoms with Gasteiger partial charge in [0.25, 0.3) is 5.69 Å². The maximum absolute atomic E-state index is 9.75. The van der Waals surface area contributed by atoms with Crippen molar-refractivity contribution in [3.63, 3.8) is 0 Å². The van der Waals surface area contributed by atoms with E-state index in [-0.39, 0.29) is 0 Å². The maximum Gasteiger partial charge on any atom is 0.673 e. The summed E-state index contributed by atoms with van der Waals surface area (Å²) in [5.41, 5.74) is 4.56. The Morgan fingerprint density at radius 2 is 1.46 bits per heavy atom. The molecular weight excluding hydrogens is 345 g/mol. The minimum Gasteiger partial charge on any atom is -0.418 e. The zero-order valence-corrected chi connectivity index (χ0v) is 14.4. The van der Waals surface area contributed by atoms with Gasteiger partial charge in [-0.2, -0.15) is 0 Å². The molecule has 136 valence electrons. The van der Waals surface area contributed by atoms with Crippen molar-refractivity contribution in [2.24, 2.45) is 7.05 Å². The lowest BCUT2D eigenvalue weighted by Crippen LogP contribution is -2.27. The van der Waals surface area contributed by atoms with Gasteiger partial charge in [-0.1, -0.05) is 60.2 Å². The smallest absolute Gasteiger partial charge is 0.418 e. The lowest BCUT2D eigenvalue weighted by molar-refractivity contribution is -0.844. The van der Waals surface area contributed by atoms with Crippen molar-refractivity contribution in [3.8, 4) is 11.3 Å². The number of aromatic nitrogens is 1. The number of benzene rings is 2. The second-order valence-electron chi connectivity index (χ2n) is 5.63. The molecule has 0 N–H and O–H groups in total. The largest absolute Gasteiger partial charge is 0.673 e. The van der Waals surface area contributed by atoms with Crippen LogP contribution in [-0.2, 0) is 7.05 Å². The van der Waals surface area contributed by atoms with Crippen LogP contribution in [0.4, 0.5) is 17.3 Å². The third-order valence-corrected chi connectivity index (χ3v) is 3.46. The van der Waals surface area contributed by atoms with E-state index in [0.717, 1.165) is 17.0 Å². The highest BCUT2D eigenvalue weighted by Crippen LogP contribution is 2.20. The first kappa shape index (κ1) is 19.5. The lowest BCUT2D eigenvalue weighted by atomic mass is 10.1. The average molecular weight is 363 g/mol. The van der Waals surface area contributed by atoms with Crippen molar-refractivity contribution < 1.29 is 26.5 Å². The van der Waals surface area contributed by atoms with E-state index < -0.39 is 7.25 Å². The summed E-state index contributed by atoms with van der Waals surface area (Å²) in [6.07, 6.45) is 4.15. The Morgan fingerprint density at radius 3 is 2.04 bits per heavy atom. The van der Waals surface area contributed by atoms with Crippen molar-refractivity contribution >= 4 is 19.4 Å². The Balaban J connectivity index is 0.000000431. The lowest BCUT2D eigenvalue weighted by Gasteiger charge is -1.94. The Labute approximate surface area is 149 Å². The molecule has 1 heterocycles. The van der Waals surface area contributed by atoms with Crippen molar-refractivity contribution in [3.05, 3.63) is 77.5 Å². The number of rotatable bonds is 3. The third-order valence-electron chi connectivity index (χ3n) is 3.46. The Morgan fingerprint density at radius 1 is 0.885 bits per heavy atom. The summed E-state index contributed by atoms with van der Waals surface area (Å²) < 4.78 is 46.6. The second kappa shape index (κ2) is 8.51. The van der Waals surface area contributed by atoms with Crippen LogP contribution in [0.15, 0.2) is 65.2 Å². The van der Waals surface area contributed by atoms with Crippen LogP contribution in [0.5, 0.6) is 0 Å². The SMILES string of the molecule is Cc1ccc(-c2cc(/C=C/c3ccccc3)[n+](C)o2)cc1.F[B-](F)(F)F. The molecule has 2 aromatic carbocycles. The minimum atomic E-state index is -6.00. The van der Waals surface area contributed by atoms with E-state index in [9.17, 15) is 17.3 Å². The molecule has 0 saturated carbocycles. The molecule has 0 fully saturated rings. The fourth-order valence-corrected chi connectivity index (χ4v) is 2.20. The quantitative estimate of drug-likeness (QED) is 0.339. The molecule has 0 saturated heterocycles. The van der Waals surface area contributed by atoms with Crippen LogP contribution >= 0.6 is 0 Å². The van der Waals surface area contributed by atoms with Gasteiger partial charge in [-0.25, -0.2) is 4.52 Å². The molecule has 0 atom stereocenters. The molecule has 0 spiro atoms. The van der Waals surface area contributed by atoms with Gasteiger partial charge in [0.2, 0.25) is 5.76 Å². The van der Waals surface area contributed by atoms with E-state index in [1.54, 1.807) is 4.74 Å². The predicted octanol–water partition coefficient (Wildman–Crippen LogP) is 5.55. The van der Waals surface area contributed by atoms with E-state index in [4.69, 9.17) is 4.52 Å². The first-order chi connectivity index (χ1) is 12.2. The van der Waals surface area contributed by atoms with E-state index in [1.165, 1.54) is 11.1 Å². The third kappa shape index (κ3) is 6.59. The van der Waals surface area contributed by atoms with Crippen molar-refractivity contribution in [1.82, 2.24) is 0 Å². The summed E-state index contributed by atoms with van der Waals surface area (Å²) in [5, 5.41) is 0. The highest BCUT2D eigenvalue weighted by Gasteiger charge is 2.20. The fourth-order valence-electron chi connectivity index (χ4n) is 2.20. The first-order valence-corrected chi connectivity index (χ1v) is 7.90. The molecule has 0 bridgehead atoms. The van der Waals surface area contributed by atoms with Crippen LogP contribution in [0.1, 0.15) is 16.8 Å². The van der Waals surface area contributed by atoms with Crippen LogP contribution in [0, 0.1) is 6.92 Å². The van der Waals surface area contributed by atoms with Gasteiger partial charge in [0.15, 0.2) is 7.05 Å². The van der Waals surface area contributed by atoms with E-state index in [2.05, 4.69) is 61.5 Å². The highest BCUT2D eigenvalue weighted by molar-refractivity contribution is 6.50. The van der Waals surface area contributed by atoms with E-state index in [1.807, 2.05) is 25.2 Å². The van der Waals surface area contributed by atoms with Crippen LogP contribution in [0.3, 0.4) is 0 Å². The minimum absolute atomic E-state index is 0.880. The number of hydrogen-bond donors (Lipinski definition) is 0. The maximum atomic E-state index is 9.75. The predicted molar refractivity (Wildman–Crippen MR) is 95.6 cm³/mol. The molecule has 26 heavy (non-hydrogen) atoms. The van der Waals surface area contributed by atoms with Gasteiger partial charge in [0.1, 0.15) is 0 Å².